The van der Waals surface area contributed by atoms with E-state index in [1.165, 1.54) is 5.56 Å². The van der Waals surface area contributed by atoms with E-state index in [2.05, 4.69) is 29.0 Å². The van der Waals surface area contributed by atoms with Crippen LogP contribution >= 0.6 is 11.8 Å². The van der Waals surface area contributed by atoms with Crippen LogP contribution in [0.5, 0.6) is 0 Å². The molecule has 14 heavy (non-hydrogen) atoms. The van der Waals surface area contributed by atoms with Crippen LogP contribution in [-0.4, -0.2) is 15.7 Å². The van der Waals surface area contributed by atoms with E-state index in [4.69, 9.17) is 0 Å². The molecular weight excluding hydrogens is 192 g/mol. The predicted octanol–water partition coefficient (Wildman–Crippen LogP) is 3.19. The molecule has 3 heteroatoms. The van der Waals surface area contributed by atoms with Gasteiger partial charge in [0, 0.05) is 0 Å². The van der Waals surface area contributed by atoms with Crippen molar-refractivity contribution < 1.29 is 0 Å². The van der Waals surface area contributed by atoms with Crippen LogP contribution in [0.15, 0.2) is 41.7 Å². The Morgan fingerprint density at radius 3 is 2.79 bits per heavy atom. The molecule has 0 unspecified atom stereocenters. The van der Waals surface area contributed by atoms with Crippen LogP contribution in [0.25, 0.3) is 11.3 Å². The molecule has 1 N–H and O–H groups in total. The van der Waals surface area contributed by atoms with Gasteiger partial charge in [-0.15, -0.1) is 0 Å². The Morgan fingerprint density at radius 2 is 2.07 bits per heavy atom. The lowest BCUT2D eigenvalue weighted by atomic mass is 10.2. The monoisotopic (exact) mass is 204 g/mol. The SMILES string of the molecule is CCSc1ncc(-c2ccccc2)[nH]1. The van der Waals surface area contributed by atoms with E-state index in [9.17, 15) is 0 Å². The van der Waals surface area contributed by atoms with Crippen molar-refractivity contribution in [3.8, 4) is 11.3 Å². The number of aromatic amines is 1. The summed E-state index contributed by atoms with van der Waals surface area (Å²) in [6.45, 7) is 2.12. The highest BCUT2D eigenvalue weighted by molar-refractivity contribution is 7.99. The summed E-state index contributed by atoms with van der Waals surface area (Å²) in [6, 6.07) is 10.2. The number of nitrogens with one attached hydrogen (secondary N) is 1. The number of imidazole rings is 1. The summed E-state index contributed by atoms with van der Waals surface area (Å²) in [4.78, 5) is 7.57. The van der Waals surface area contributed by atoms with E-state index in [-0.39, 0.29) is 0 Å². The second kappa shape index (κ2) is 4.33. The molecule has 0 aliphatic heterocycles. The van der Waals surface area contributed by atoms with Crippen LogP contribution in [0, 0.1) is 0 Å². The number of H-pyrrole nitrogens is 1. The van der Waals surface area contributed by atoms with Gasteiger partial charge < -0.3 is 4.98 Å². The van der Waals surface area contributed by atoms with Gasteiger partial charge in [-0.05, 0) is 11.3 Å². The van der Waals surface area contributed by atoms with Gasteiger partial charge >= 0.3 is 0 Å². The molecule has 2 rings (SSSR count). The standard InChI is InChI=1S/C11H12N2S/c1-2-14-11-12-8-10(13-11)9-6-4-3-5-7-9/h3-8H,2H2,1H3,(H,12,13). The Bertz CT molecular complexity index is 395. The Morgan fingerprint density at radius 1 is 1.29 bits per heavy atom. The Kier molecular flexibility index (Phi) is 2.89. The van der Waals surface area contributed by atoms with Gasteiger partial charge in [0.25, 0.3) is 0 Å². The van der Waals surface area contributed by atoms with Gasteiger partial charge in [0.05, 0.1) is 11.9 Å². The number of nitrogens with zero attached hydrogens (tertiary/aromatic N) is 1. The van der Waals surface area contributed by atoms with Gasteiger partial charge in [-0.1, -0.05) is 49.0 Å². The lowest BCUT2D eigenvalue weighted by Crippen LogP contribution is -1.77. The molecule has 0 atom stereocenters. The van der Waals surface area contributed by atoms with Crippen LogP contribution in [0.4, 0.5) is 0 Å². The van der Waals surface area contributed by atoms with E-state index in [1.54, 1.807) is 11.8 Å². The molecule has 1 heterocycles. The molecule has 0 saturated heterocycles. The fraction of sp³-hybridized carbons (Fsp3) is 0.182. The van der Waals surface area contributed by atoms with Crippen molar-refractivity contribution in [2.75, 3.05) is 5.75 Å². The third-order valence-electron chi connectivity index (χ3n) is 1.92. The fourth-order valence-electron chi connectivity index (χ4n) is 1.28. The number of aromatic nitrogens is 2. The maximum Gasteiger partial charge on any atom is 0.165 e. The van der Waals surface area contributed by atoms with E-state index >= 15 is 0 Å². The first kappa shape index (κ1) is 9.34. The molecule has 0 radical (unpaired) electrons. The maximum atomic E-state index is 4.29. The molecule has 0 saturated carbocycles. The molecule has 0 fully saturated rings. The van der Waals surface area contributed by atoms with Crippen LogP contribution in [-0.2, 0) is 0 Å². The third-order valence-corrected chi connectivity index (χ3v) is 2.69. The normalized spacial score (nSPS) is 10.4. The van der Waals surface area contributed by atoms with Crippen molar-refractivity contribution in [3.63, 3.8) is 0 Å². The van der Waals surface area contributed by atoms with Crippen molar-refractivity contribution >= 4 is 11.8 Å². The van der Waals surface area contributed by atoms with Crippen LogP contribution < -0.4 is 0 Å². The third kappa shape index (κ3) is 1.99. The maximum absolute atomic E-state index is 4.29. The van der Waals surface area contributed by atoms with Crippen LogP contribution in [0.2, 0.25) is 0 Å². The number of rotatable bonds is 3. The van der Waals surface area contributed by atoms with Crippen molar-refractivity contribution in [2.24, 2.45) is 0 Å². The average Bonchev–Trinajstić information content (AvgIpc) is 2.68. The fourth-order valence-corrected chi connectivity index (χ4v) is 1.86. The van der Waals surface area contributed by atoms with E-state index in [0.29, 0.717) is 0 Å². The molecule has 1 aromatic heterocycles. The van der Waals surface area contributed by atoms with Gasteiger partial charge in [-0.25, -0.2) is 4.98 Å². The van der Waals surface area contributed by atoms with Gasteiger partial charge in [0.15, 0.2) is 5.16 Å². The smallest absolute Gasteiger partial charge is 0.165 e. The molecule has 72 valence electrons. The highest BCUT2D eigenvalue weighted by Crippen LogP contribution is 2.20. The predicted molar refractivity (Wildman–Crippen MR) is 60.4 cm³/mol. The topological polar surface area (TPSA) is 28.7 Å². The van der Waals surface area contributed by atoms with E-state index in [1.807, 2.05) is 24.4 Å². The summed E-state index contributed by atoms with van der Waals surface area (Å²) < 4.78 is 0. The lowest BCUT2D eigenvalue weighted by Gasteiger charge is -1.95. The van der Waals surface area contributed by atoms with Crippen LogP contribution in [0.1, 0.15) is 6.92 Å². The van der Waals surface area contributed by atoms with Gasteiger partial charge in [0.1, 0.15) is 0 Å². The second-order valence-corrected chi connectivity index (χ2v) is 4.15. The average molecular weight is 204 g/mol. The number of benzene rings is 1. The summed E-state index contributed by atoms with van der Waals surface area (Å²) in [5, 5.41) is 0.992. The number of thioether (sulfide) groups is 1. The number of hydrogen-bond acceptors (Lipinski definition) is 2. The molecular formula is C11H12N2S. The summed E-state index contributed by atoms with van der Waals surface area (Å²) in [5.74, 6) is 1.04. The van der Waals surface area contributed by atoms with Gasteiger partial charge in [-0.2, -0.15) is 0 Å². The molecule has 1 aromatic carbocycles. The minimum Gasteiger partial charge on any atom is -0.333 e. The molecule has 0 aliphatic carbocycles. The van der Waals surface area contributed by atoms with Crippen molar-refractivity contribution in [1.82, 2.24) is 9.97 Å². The zero-order valence-electron chi connectivity index (χ0n) is 8.03. The molecule has 0 aliphatic rings. The number of hydrogen-bond donors (Lipinski definition) is 1. The van der Waals surface area contributed by atoms with Crippen molar-refractivity contribution in [2.45, 2.75) is 12.1 Å². The molecule has 2 aromatic rings. The molecule has 2 nitrogen and oxygen atoms in total. The van der Waals surface area contributed by atoms with E-state index < -0.39 is 0 Å². The minimum atomic E-state index is 0.992. The summed E-state index contributed by atoms with van der Waals surface area (Å²) in [6.07, 6.45) is 1.88. The second-order valence-electron chi connectivity index (χ2n) is 2.90. The minimum absolute atomic E-state index is 0.992. The quantitative estimate of drug-likeness (QED) is 0.778. The Balaban J connectivity index is 2.25. The Hall–Kier alpha value is -1.22. The summed E-state index contributed by atoms with van der Waals surface area (Å²) in [7, 11) is 0. The largest absolute Gasteiger partial charge is 0.333 e. The zero-order valence-corrected chi connectivity index (χ0v) is 8.84. The first-order valence-corrected chi connectivity index (χ1v) is 5.62. The highest BCUT2D eigenvalue weighted by Gasteiger charge is 2.01. The van der Waals surface area contributed by atoms with Gasteiger partial charge in [-0.3, -0.25) is 0 Å². The summed E-state index contributed by atoms with van der Waals surface area (Å²) >= 11 is 1.72. The first-order chi connectivity index (χ1) is 6.90. The molecule has 0 amide bonds. The zero-order chi connectivity index (χ0) is 9.80. The molecule has 0 bridgehead atoms. The van der Waals surface area contributed by atoms with Gasteiger partial charge in [0.2, 0.25) is 0 Å². The Labute approximate surface area is 87.8 Å². The van der Waals surface area contributed by atoms with Crippen molar-refractivity contribution in [3.05, 3.63) is 36.5 Å². The highest BCUT2D eigenvalue weighted by atomic mass is 32.2. The van der Waals surface area contributed by atoms with Crippen LogP contribution in [0.3, 0.4) is 0 Å². The first-order valence-electron chi connectivity index (χ1n) is 4.63. The van der Waals surface area contributed by atoms with Crippen molar-refractivity contribution in [1.29, 1.82) is 0 Å². The molecule has 0 spiro atoms. The van der Waals surface area contributed by atoms with E-state index in [0.717, 1.165) is 16.6 Å². The lowest BCUT2D eigenvalue weighted by molar-refractivity contribution is 1.06. The summed E-state index contributed by atoms with van der Waals surface area (Å²) in [5.41, 5.74) is 2.27.